The van der Waals surface area contributed by atoms with E-state index >= 15 is 0 Å². The highest BCUT2D eigenvalue weighted by Crippen LogP contribution is 2.31. The maximum atomic E-state index is 14.0. The van der Waals surface area contributed by atoms with Crippen molar-refractivity contribution in [1.82, 2.24) is 47.9 Å². The number of ether oxygens (including phenoxy) is 4. The molecule has 13 N–H and O–H groups in total. The summed E-state index contributed by atoms with van der Waals surface area (Å²) in [6.45, 7) is -1.89. The second kappa shape index (κ2) is 27.2. The Bertz CT molecular complexity index is 1450. The van der Waals surface area contributed by atoms with E-state index in [1.54, 1.807) is 0 Å². The molecular formula is C29H47N11O14S3. The third-order valence-electron chi connectivity index (χ3n) is 6.76. The molecule has 3 heterocycles. The molecule has 25 nitrogen and oxygen atoms in total. The fraction of sp³-hybridized carbons (Fsp3) is 0.655. The van der Waals surface area contributed by atoms with Crippen molar-refractivity contribution in [3.63, 3.8) is 0 Å². The van der Waals surface area contributed by atoms with Gasteiger partial charge in [-0.2, -0.15) is 0 Å². The van der Waals surface area contributed by atoms with E-state index in [2.05, 4.69) is 47.9 Å². The van der Waals surface area contributed by atoms with Crippen LogP contribution in [0.4, 0.5) is 0 Å². The summed E-state index contributed by atoms with van der Waals surface area (Å²) < 4.78 is 20.9. The number of fused-ring (bicyclic) bond motifs is 15. The number of nitrogens with two attached hydrogens (primary N) is 2. The second-order valence-corrected chi connectivity index (χ2v) is 15.2. The average Bonchev–Trinajstić information content (AvgIpc) is 3.16. The number of amides is 10. The van der Waals surface area contributed by atoms with Crippen LogP contribution in [0.2, 0.25) is 0 Å². The van der Waals surface area contributed by atoms with Crippen LogP contribution in [0.15, 0.2) is 0 Å². The molecule has 0 aliphatic carbocycles. The molecule has 0 spiro atoms. The molecule has 3 rings (SSSR count). The third kappa shape index (κ3) is 21.0. The Balaban J connectivity index is 1.93. The first kappa shape index (κ1) is 48.7. The highest BCUT2D eigenvalue weighted by atomic mass is 33.1. The van der Waals surface area contributed by atoms with Gasteiger partial charge in [-0.25, -0.2) is 0 Å². The molecule has 3 aliphatic heterocycles. The summed E-state index contributed by atoms with van der Waals surface area (Å²) in [6.07, 6.45) is 0. The first-order chi connectivity index (χ1) is 27.2. The van der Waals surface area contributed by atoms with Gasteiger partial charge in [0, 0.05) is 19.6 Å². The van der Waals surface area contributed by atoms with Crippen molar-refractivity contribution in [3.8, 4) is 0 Å². The standard InChI is InChI=1S/C29H47N11O14S3/c30-17(41)9-36-25(49)27-39-28(50)29(16-32-10-20(44)38-26(56-57-27)24(48)37-11-19(43)35-12-21(45)40-29)55-15-23(47)34-2-4-52-6-8-53-7-5-51-3-1-33-22(46)14-54-13-18(31)42/h26-27,32H,1-16H2,(H2,30,41)(H2,31,42)(H,33,46)(H,34,47)(H,35,43)(H,36,49)(H,37,48)(H,38,44)(H,39,50)(H,40,45). The van der Waals surface area contributed by atoms with E-state index in [1.807, 2.05) is 0 Å². The molecule has 0 aromatic rings. The Morgan fingerprint density at radius 2 is 1.33 bits per heavy atom. The molecule has 0 aromatic carbocycles. The first-order valence-corrected chi connectivity index (χ1v) is 20.3. The van der Waals surface area contributed by atoms with E-state index in [1.165, 1.54) is 0 Å². The van der Waals surface area contributed by atoms with Gasteiger partial charge in [0.05, 0.1) is 71.6 Å². The van der Waals surface area contributed by atoms with Gasteiger partial charge >= 0.3 is 0 Å². The summed E-state index contributed by atoms with van der Waals surface area (Å²) in [6, 6.07) is 0. The summed E-state index contributed by atoms with van der Waals surface area (Å²) in [5.41, 5.74) is 10.0. The van der Waals surface area contributed by atoms with Crippen LogP contribution < -0.4 is 59.3 Å². The lowest BCUT2D eigenvalue weighted by Crippen LogP contribution is -2.65. The molecule has 2 bridgehead atoms. The van der Waals surface area contributed by atoms with Crippen LogP contribution in [-0.4, -0.2) is 179 Å². The number of carbonyl (C=O) groups is 10. The van der Waals surface area contributed by atoms with E-state index in [0.29, 0.717) is 33.3 Å². The number of thioether (sulfide) groups is 1. The number of rotatable bonds is 22. The van der Waals surface area contributed by atoms with E-state index in [4.69, 9.17) is 30.4 Å². The molecule has 57 heavy (non-hydrogen) atoms. The van der Waals surface area contributed by atoms with Crippen LogP contribution >= 0.6 is 33.3 Å². The third-order valence-corrected chi connectivity index (χ3v) is 10.7. The molecule has 320 valence electrons. The number of nitrogens with one attached hydrogen (secondary N) is 9. The molecule has 10 amide bonds. The van der Waals surface area contributed by atoms with Crippen LogP contribution in [0.3, 0.4) is 0 Å². The lowest BCUT2D eigenvalue weighted by atomic mass is 10.2. The first-order valence-electron chi connectivity index (χ1n) is 17.0. The van der Waals surface area contributed by atoms with Crippen molar-refractivity contribution in [2.45, 2.75) is 15.6 Å². The highest BCUT2D eigenvalue weighted by Gasteiger charge is 2.44. The Kier molecular flexibility index (Phi) is 23.3. The predicted molar refractivity (Wildman–Crippen MR) is 202 cm³/mol. The maximum absolute atomic E-state index is 14.0. The van der Waals surface area contributed by atoms with Crippen LogP contribution in [0, 0.1) is 0 Å². The van der Waals surface area contributed by atoms with Crippen LogP contribution in [0.5, 0.6) is 0 Å². The molecule has 28 heteroatoms. The van der Waals surface area contributed by atoms with Gasteiger partial charge in [-0.15, -0.1) is 11.8 Å². The van der Waals surface area contributed by atoms with Crippen molar-refractivity contribution < 1.29 is 66.9 Å². The summed E-state index contributed by atoms with van der Waals surface area (Å²) in [5.74, 6) is -8.10. The average molecular weight is 870 g/mol. The quantitative estimate of drug-likeness (QED) is 0.0273. The number of hydrogen-bond acceptors (Lipinski definition) is 18. The lowest BCUT2D eigenvalue weighted by molar-refractivity contribution is -0.132. The zero-order valence-electron chi connectivity index (χ0n) is 30.6. The summed E-state index contributed by atoms with van der Waals surface area (Å²) in [7, 11) is 1.29. The van der Waals surface area contributed by atoms with E-state index in [9.17, 15) is 47.9 Å². The fourth-order valence-electron chi connectivity index (χ4n) is 4.14. The molecule has 0 aromatic heterocycles. The molecule has 3 saturated heterocycles. The van der Waals surface area contributed by atoms with Crippen molar-refractivity contribution in [2.24, 2.45) is 11.5 Å². The normalized spacial score (nSPS) is 20.7. The van der Waals surface area contributed by atoms with Crippen molar-refractivity contribution in [2.75, 3.05) is 104 Å². The van der Waals surface area contributed by atoms with Crippen molar-refractivity contribution >= 4 is 92.4 Å². The summed E-state index contributed by atoms with van der Waals surface area (Å²) in [5, 5.41) is 19.3. The highest BCUT2D eigenvalue weighted by molar-refractivity contribution is 8.77. The molecule has 3 aliphatic rings. The molecule has 3 unspecified atom stereocenters. The minimum absolute atomic E-state index is 0.0572. The van der Waals surface area contributed by atoms with Crippen LogP contribution in [-0.2, 0) is 66.9 Å². The van der Waals surface area contributed by atoms with Gasteiger partial charge in [-0.3, -0.25) is 47.9 Å². The Morgan fingerprint density at radius 3 is 1.98 bits per heavy atom. The van der Waals surface area contributed by atoms with Gasteiger partial charge in [0.15, 0.2) is 15.6 Å². The van der Waals surface area contributed by atoms with Crippen LogP contribution in [0.1, 0.15) is 0 Å². The zero-order chi connectivity index (χ0) is 42.1. The van der Waals surface area contributed by atoms with Crippen LogP contribution in [0.25, 0.3) is 0 Å². The lowest BCUT2D eigenvalue weighted by Gasteiger charge is -2.34. The van der Waals surface area contributed by atoms with Gasteiger partial charge in [0.2, 0.25) is 41.4 Å². The fourth-order valence-corrected chi connectivity index (χ4v) is 7.57. The zero-order valence-corrected chi connectivity index (χ0v) is 33.0. The van der Waals surface area contributed by atoms with Gasteiger partial charge in [-0.1, -0.05) is 21.6 Å². The van der Waals surface area contributed by atoms with E-state index in [0.717, 1.165) is 0 Å². The number of primary amides is 2. The molecule has 0 saturated carbocycles. The Hall–Kier alpha value is -4.45. The minimum atomic E-state index is -2.06. The van der Waals surface area contributed by atoms with Gasteiger partial charge in [-0.05, 0) is 0 Å². The van der Waals surface area contributed by atoms with Gasteiger partial charge in [0.1, 0.15) is 13.2 Å². The summed E-state index contributed by atoms with van der Waals surface area (Å²) in [4.78, 5) is 122. The van der Waals surface area contributed by atoms with Crippen molar-refractivity contribution in [1.29, 1.82) is 0 Å². The smallest absolute Gasteiger partial charge is 0.258 e. The van der Waals surface area contributed by atoms with Gasteiger partial charge in [0.25, 0.3) is 17.7 Å². The summed E-state index contributed by atoms with van der Waals surface area (Å²) >= 11 is 0.651. The van der Waals surface area contributed by atoms with Gasteiger partial charge < -0.3 is 78.3 Å². The predicted octanol–water partition coefficient (Wildman–Crippen LogP) is -7.97. The molecular weight excluding hydrogens is 823 g/mol. The Morgan fingerprint density at radius 1 is 0.702 bits per heavy atom. The monoisotopic (exact) mass is 869 g/mol. The maximum Gasteiger partial charge on any atom is 0.258 e. The second-order valence-electron chi connectivity index (χ2n) is 11.4. The molecule has 3 fully saturated rings. The topological polar surface area (TPSA) is 368 Å². The number of hydrogen-bond donors (Lipinski definition) is 11. The largest absolute Gasteiger partial charge is 0.377 e. The Labute approximate surface area is 337 Å². The van der Waals surface area contributed by atoms with E-state index in [-0.39, 0.29) is 65.9 Å². The van der Waals surface area contributed by atoms with Crippen molar-refractivity contribution in [3.05, 3.63) is 0 Å². The molecule has 0 radical (unpaired) electrons. The number of carbonyl (C=O) groups excluding carboxylic acids is 10. The van der Waals surface area contributed by atoms with E-state index < -0.39 is 113 Å². The SMILES string of the molecule is NC(=O)CNC(=O)C1NC(=O)C2(SCC(=O)NCCOCCOCCOCCNC(=O)COCC(N)=O)CNCC(=O)NC(SS1)C(=O)NCC(=O)NCC(=O)N2. The minimum Gasteiger partial charge on any atom is -0.377 e. The molecule has 3 atom stereocenters.